The fraction of sp³-hybridized carbons (Fsp3) is 0.474. The number of para-hydroxylation sites is 1. The molecule has 0 aliphatic carbocycles. The molecule has 1 unspecified atom stereocenters. The summed E-state index contributed by atoms with van der Waals surface area (Å²) in [5.41, 5.74) is 1.31. The molecule has 30 heavy (non-hydrogen) atoms. The van der Waals surface area contributed by atoms with E-state index >= 15 is 0 Å². The van der Waals surface area contributed by atoms with Crippen LogP contribution in [0.2, 0.25) is 0 Å². The highest BCUT2D eigenvalue weighted by molar-refractivity contribution is 7.89. The van der Waals surface area contributed by atoms with Crippen LogP contribution in [-0.2, 0) is 14.8 Å². The molecular formula is C19H23F3N4O3S. The van der Waals surface area contributed by atoms with Crippen LogP contribution in [0.3, 0.4) is 0 Å². The molecule has 3 rings (SSSR count). The van der Waals surface area contributed by atoms with Crippen LogP contribution in [0.15, 0.2) is 35.4 Å². The zero-order valence-corrected chi connectivity index (χ0v) is 17.4. The van der Waals surface area contributed by atoms with Crippen LogP contribution in [0.4, 0.5) is 13.2 Å². The topological polar surface area (TPSA) is 82.6 Å². The van der Waals surface area contributed by atoms with E-state index in [0.717, 1.165) is 10.9 Å². The number of sulfonamides is 1. The standard InChI is InChI=1S/C19H23F3N4O3S/c1-13-10-15-4-3-5-16(17(15)23-11-13)30(28,29)26-8-6-25(7-9-26)14(2)18(27)24-12-19(20,21)22/h3-5,10-11,14H,6-9,12H2,1-2H3,(H,24,27). The first-order valence-electron chi connectivity index (χ1n) is 9.43. The van der Waals surface area contributed by atoms with Crippen molar-refractivity contribution in [2.75, 3.05) is 32.7 Å². The zero-order chi connectivity index (χ0) is 22.1. The maximum Gasteiger partial charge on any atom is 0.405 e. The molecule has 7 nitrogen and oxygen atoms in total. The lowest BCUT2D eigenvalue weighted by Gasteiger charge is -2.36. The minimum atomic E-state index is -4.48. The van der Waals surface area contributed by atoms with Gasteiger partial charge in [-0.25, -0.2) is 8.42 Å². The second kappa shape index (κ2) is 8.48. The Morgan fingerprint density at radius 2 is 1.90 bits per heavy atom. The number of carbonyl (C=O) groups excluding carboxylic acids is 1. The average molecular weight is 444 g/mol. The average Bonchev–Trinajstić information content (AvgIpc) is 2.70. The molecule has 2 heterocycles. The summed E-state index contributed by atoms with van der Waals surface area (Å²) in [6.07, 6.45) is -2.87. The Morgan fingerprint density at radius 1 is 1.23 bits per heavy atom. The van der Waals surface area contributed by atoms with Gasteiger partial charge in [-0.05, 0) is 31.5 Å². The van der Waals surface area contributed by atoms with Crippen molar-refractivity contribution < 1.29 is 26.4 Å². The Labute approximate surface area is 172 Å². The summed E-state index contributed by atoms with van der Waals surface area (Å²) in [7, 11) is -3.81. The minimum Gasteiger partial charge on any atom is -0.346 e. The molecule has 2 aromatic rings. The Hall–Kier alpha value is -2.24. The summed E-state index contributed by atoms with van der Waals surface area (Å²) in [6, 6.07) is 6.05. The molecule has 0 saturated carbocycles. The van der Waals surface area contributed by atoms with Gasteiger partial charge in [0, 0.05) is 37.8 Å². The number of rotatable bonds is 5. The van der Waals surface area contributed by atoms with Gasteiger partial charge in [0.1, 0.15) is 11.4 Å². The number of aromatic nitrogens is 1. The molecular weight excluding hydrogens is 421 g/mol. The molecule has 164 valence electrons. The summed E-state index contributed by atoms with van der Waals surface area (Å²) < 4.78 is 64.5. The van der Waals surface area contributed by atoms with E-state index in [1.165, 1.54) is 17.3 Å². The number of carbonyl (C=O) groups is 1. The smallest absolute Gasteiger partial charge is 0.346 e. The van der Waals surface area contributed by atoms with Crippen LogP contribution in [-0.4, -0.2) is 73.5 Å². The van der Waals surface area contributed by atoms with Gasteiger partial charge in [0.2, 0.25) is 15.9 Å². The van der Waals surface area contributed by atoms with Gasteiger partial charge in [0.25, 0.3) is 0 Å². The highest BCUT2D eigenvalue weighted by atomic mass is 32.2. The molecule has 1 aromatic heterocycles. The fourth-order valence-corrected chi connectivity index (χ4v) is 5.01. The van der Waals surface area contributed by atoms with Crippen molar-refractivity contribution in [3.63, 3.8) is 0 Å². The number of pyridine rings is 1. The highest BCUT2D eigenvalue weighted by Gasteiger charge is 2.34. The third kappa shape index (κ3) is 4.90. The number of nitrogens with zero attached hydrogens (tertiary/aromatic N) is 3. The predicted molar refractivity (Wildman–Crippen MR) is 105 cm³/mol. The number of alkyl halides is 3. The lowest BCUT2D eigenvalue weighted by Crippen LogP contribution is -2.55. The van der Waals surface area contributed by atoms with Crippen molar-refractivity contribution in [3.8, 4) is 0 Å². The molecule has 11 heteroatoms. The van der Waals surface area contributed by atoms with Gasteiger partial charge in [-0.3, -0.25) is 14.7 Å². The van der Waals surface area contributed by atoms with Crippen molar-refractivity contribution in [1.82, 2.24) is 19.5 Å². The van der Waals surface area contributed by atoms with Gasteiger partial charge >= 0.3 is 6.18 Å². The number of nitrogens with one attached hydrogen (secondary N) is 1. The van der Waals surface area contributed by atoms with E-state index in [2.05, 4.69) is 4.98 Å². The van der Waals surface area contributed by atoms with Crippen LogP contribution in [0.25, 0.3) is 10.9 Å². The van der Waals surface area contributed by atoms with E-state index in [-0.39, 0.29) is 31.1 Å². The second-order valence-corrected chi connectivity index (χ2v) is 9.20. The van der Waals surface area contributed by atoms with Gasteiger partial charge in [-0.15, -0.1) is 0 Å². The molecule has 0 spiro atoms. The molecule has 1 atom stereocenters. The first kappa shape index (κ1) is 22.4. The van der Waals surface area contributed by atoms with Crippen LogP contribution in [0, 0.1) is 6.92 Å². The number of hydrogen-bond acceptors (Lipinski definition) is 5. The molecule has 1 aliphatic heterocycles. The van der Waals surface area contributed by atoms with Crippen LogP contribution < -0.4 is 5.32 Å². The quantitative estimate of drug-likeness (QED) is 0.762. The monoisotopic (exact) mass is 444 g/mol. The molecule has 1 N–H and O–H groups in total. The fourth-order valence-electron chi connectivity index (χ4n) is 3.42. The molecule has 1 saturated heterocycles. The van der Waals surface area contributed by atoms with Gasteiger partial charge in [0.15, 0.2) is 0 Å². The SMILES string of the molecule is Cc1cnc2c(S(=O)(=O)N3CCN(C(C)C(=O)NCC(F)(F)F)CC3)cccc2c1. The number of piperazine rings is 1. The Bertz CT molecular complexity index is 1030. The summed E-state index contributed by atoms with van der Waals surface area (Å²) in [5.74, 6) is -0.739. The Kier molecular flexibility index (Phi) is 6.34. The van der Waals surface area contributed by atoms with E-state index in [1.54, 1.807) is 23.2 Å². The largest absolute Gasteiger partial charge is 0.405 e. The number of amides is 1. The van der Waals surface area contributed by atoms with E-state index in [1.807, 2.05) is 18.3 Å². The lowest BCUT2D eigenvalue weighted by atomic mass is 10.2. The van der Waals surface area contributed by atoms with Gasteiger partial charge in [0.05, 0.1) is 11.6 Å². The van der Waals surface area contributed by atoms with Crippen molar-refractivity contribution in [3.05, 3.63) is 36.0 Å². The van der Waals surface area contributed by atoms with Crippen LogP contribution in [0.1, 0.15) is 12.5 Å². The summed E-state index contributed by atoms with van der Waals surface area (Å²) in [6.45, 7) is 2.71. The number of aryl methyl sites for hydroxylation is 1. The minimum absolute atomic E-state index is 0.115. The normalized spacial score (nSPS) is 17.8. The zero-order valence-electron chi connectivity index (χ0n) is 16.6. The molecule has 0 radical (unpaired) electrons. The summed E-state index contributed by atoms with van der Waals surface area (Å²) in [5, 5.41) is 2.59. The Morgan fingerprint density at radius 3 is 2.53 bits per heavy atom. The maximum atomic E-state index is 13.2. The molecule has 1 aliphatic rings. The van der Waals surface area contributed by atoms with Gasteiger partial charge in [-0.1, -0.05) is 12.1 Å². The van der Waals surface area contributed by atoms with E-state index in [9.17, 15) is 26.4 Å². The lowest BCUT2D eigenvalue weighted by molar-refractivity contribution is -0.141. The van der Waals surface area contributed by atoms with E-state index < -0.39 is 34.7 Å². The van der Waals surface area contributed by atoms with Crippen LogP contribution >= 0.6 is 0 Å². The molecule has 1 fully saturated rings. The highest BCUT2D eigenvalue weighted by Crippen LogP contribution is 2.26. The maximum absolute atomic E-state index is 13.2. The predicted octanol–water partition coefficient (Wildman–Crippen LogP) is 1.92. The number of fused-ring (bicyclic) bond motifs is 1. The van der Waals surface area contributed by atoms with Crippen LogP contribution in [0.5, 0.6) is 0 Å². The summed E-state index contributed by atoms with van der Waals surface area (Å²) in [4.78, 5) is 18.0. The Balaban J connectivity index is 1.69. The molecule has 0 bridgehead atoms. The molecule has 1 aromatic carbocycles. The van der Waals surface area contributed by atoms with Crippen molar-refractivity contribution in [1.29, 1.82) is 0 Å². The third-order valence-electron chi connectivity index (χ3n) is 5.09. The van der Waals surface area contributed by atoms with E-state index in [0.29, 0.717) is 5.52 Å². The van der Waals surface area contributed by atoms with Crippen molar-refractivity contribution in [2.45, 2.75) is 31.0 Å². The van der Waals surface area contributed by atoms with Crippen molar-refractivity contribution >= 4 is 26.8 Å². The van der Waals surface area contributed by atoms with Crippen molar-refractivity contribution in [2.24, 2.45) is 0 Å². The number of halogens is 3. The molecule has 1 amide bonds. The first-order valence-corrected chi connectivity index (χ1v) is 10.9. The summed E-state index contributed by atoms with van der Waals surface area (Å²) >= 11 is 0. The third-order valence-corrected chi connectivity index (χ3v) is 7.02. The number of hydrogen-bond donors (Lipinski definition) is 1. The van der Waals surface area contributed by atoms with E-state index in [4.69, 9.17) is 0 Å². The van der Waals surface area contributed by atoms with Gasteiger partial charge < -0.3 is 5.32 Å². The second-order valence-electron chi connectivity index (χ2n) is 7.29. The first-order chi connectivity index (χ1) is 14.0. The number of benzene rings is 1. The van der Waals surface area contributed by atoms with Gasteiger partial charge in [-0.2, -0.15) is 17.5 Å².